The van der Waals surface area contributed by atoms with Gasteiger partial charge in [-0.2, -0.15) is 11.3 Å². The third-order valence-corrected chi connectivity index (χ3v) is 4.85. The number of likely N-dealkylation sites (tertiary alicyclic amines) is 1. The molecule has 2 N–H and O–H groups in total. The Morgan fingerprint density at radius 3 is 2.79 bits per heavy atom. The smallest absolute Gasteiger partial charge is 0.407 e. The molecule has 24 heavy (non-hydrogen) atoms. The molecular formula is C17H26N2O4S. The number of aliphatic hydroxyl groups excluding tert-OH is 1. The van der Waals surface area contributed by atoms with Crippen LogP contribution in [0.1, 0.15) is 50.8 Å². The molecule has 1 aromatic rings. The Balaban J connectivity index is 1.91. The van der Waals surface area contributed by atoms with E-state index in [2.05, 4.69) is 5.32 Å². The fraction of sp³-hybridized carbons (Fsp3) is 0.647. The predicted molar refractivity (Wildman–Crippen MR) is 93.0 cm³/mol. The van der Waals surface area contributed by atoms with Crippen LogP contribution in [0.25, 0.3) is 0 Å². The maximum absolute atomic E-state index is 12.1. The molecule has 1 fully saturated rings. The summed E-state index contributed by atoms with van der Waals surface area (Å²) in [6, 6.07) is -0.244. The molecule has 0 radical (unpaired) electrons. The molecule has 134 valence electrons. The van der Waals surface area contributed by atoms with E-state index in [1.54, 1.807) is 37.0 Å². The summed E-state index contributed by atoms with van der Waals surface area (Å²) in [5, 5.41) is 17.2. The van der Waals surface area contributed by atoms with Gasteiger partial charge in [-0.3, -0.25) is 4.79 Å². The van der Waals surface area contributed by atoms with Crippen molar-refractivity contribution in [3.8, 4) is 0 Å². The van der Waals surface area contributed by atoms with E-state index in [9.17, 15) is 14.7 Å². The maximum Gasteiger partial charge on any atom is 0.407 e. The van der Waals surface area contributed by atoms with Crippen molar-refractivity contribution in [2.75, 3.05) is 13.1 Å². The number of hydrogen-bond acceptors (Lipinski definition) is 5. The van der Waals surface area contributed by atoms with Crippen LogP contribution in [0.5, 0.6) is 0 Å². The number of rotatable bonds is 5. The summed E-state index contributed by atoms with van der Waals surface area (Å²) >= 11 is 1.55. The van der Waals surface area contributed by atoms with Crippen molar-refractivity contribution in [3.63, 3.8) is 0 Å². The van der Waals surface area contributed by atoms with Crippen LogP contribution in [0.2, 0.25) is 0 Å². The average molecular weight is 354 g/mol. The van der Waals surface area contributed by atoms with Gasteiger partial charge < -0.3 is 20.1 Å². The number of nitrogens with one attached hydrogen (secondary N) is 1. The first-order valence-electron chi connectivity index (χ1n) is 8.16. The van der Waals surface area contributed by atoms with Crippen molar-refractivity contribution in [1.29, 1.82) is 0 Å². The molecule has 2 atom stereocenters. The lowest BCUT2D eigenvalue weighted by atomic mass is 10.00. The summed E-state index contributed by atoms with van der Waals surface area (Å²) in [7, 11) is 0. The minimum Gasteiger partial charge on any atom is -0.444 e. The zero-order valence-electron chi connectivity index (χ0n) is 14.7. The molecule has 2 amide bonds. The number of alkyl carbamates (subject to hydrolysis) is 1. The van der Waals surface area contributed by atoms with Gasteiger partial charge in [-0.05, 0) is 56.0 Å². The third kappa shape index (κ3) is 4.70. The largest absolute Gasteiger partial charge is 0.444 e. The molecule has 1 aliphatic rings. The van der Waals surface area contributed by atoms with E-state index < -0.39 is 17.8 Å². The van der Waals surface area contributed by atoms with Crippen LogP contribution in [-0.2, 0) is 9.53 Å². The molecule has 2 heterocycles. The molecule has 7 heteroatoms. The Morgan fingerprint density at radius 2 is 2.21 bits per heavy atom. The highest BCUT2D eigenvalue weighted by atomic mass is 32.1. The molecular weight excluding hydrogens is 328 g/mol. The van der Waals surface area contributed by atoms with Gasteiger partial charge in [-0.1, -0.05) is 0 Å². The van der Waals surface area contributed by atoms with E-state index in [0.29, 0.717) is 25.9 Å². The van der Waals surface area contributed by atoms with Crippen molar-refractivity contribution >= 4 is 23.3 Å². The van der Waals surface area contributed by atoms with Gasteiger partial charge in [-0.15, -0.1) is 0 Å². The van der Waals surface area contributed by atoms with Crippen LogP contribution in [0.3, 0.4) is 0 Å². The van der Waals surface area contributed by atoms with Crippen LogP contribution in [-0.4, -0.2) is 46.7 Å². The standard InChI is InChI=1S/C17H26N2O4S/c1-11-9-24-10-12(11)15(21)13-5-6-14(20)19(13)8-7-18-16(22)23-17(2,3)4/h9-10,13,15,21H,5-8H2,1-4H3,(H,18,22)/t13?,15-/m1/s1. The summed E-state index contributed by atoms with van der Waals surface area (Å²) in [6.45, 7) is 8.01. The Bertz CT molecular complexity index is 594. The monoisotopic (exact) mass is 354 g/mol. The third-order valence-electron chi connectivity index (χ3n) is 3.97. The van der Waals surface area contributed by atoms with Crippen molar-refractivity contribution in [2.24, 2.45) is 0 Å². The number of nitrogens with zero attached hydrogens (tertiary/aromatic N) is 1. The van der Waals surface area contributed by atoms with Crippen LogP contribution >= 0.6 is 11.3 Å². The summed E-state index contributed by atoms with van der Waals surface area (Å²) < 4.78 is 5.18. The first-order chi connectivity index (χ1) is 11.2. The number of carbonyl (C=O) groups excluding carboxylic acids is 2. The van der Waals surface area contributed by atoms with Gasteiger partial charge in [-0.25, -0.2) is 4.79 Å². The summed E-state index contributed by atoms with van der Waals surface area (Å²) in [4.78, 5) is 25.5. The zero-order chi connectivity index (χ0) is 17.9. The Labute approximate surface area is 146 Å². The summed E-state index contributed by atoms with van der Waals surface area (Å²) in [6.07, 6.45) is -0.136. The molecule has 1 aliphatic heterocycles. The summed E-state index contributed by atoms with van der Waals surface area (Å²) in [5.41, 5.74) is 1.37. The van der Waals surface area contributed by atoms with Gasteiger partial charge >= 0.3 is 6.09 Å². The highest BCUT2D eigenvalue weighted by Crippen LogP contribution is 2.32. The van der Waals surface area contributed by atoms with Crippen molar-refractivity contribution in [1.82, 2.24) is 10.2 Å². The number of thiophene rings is 1. The maximum atomic E-state index is 12.1. The quantitative estimate of drug-likeness (QED) is 0.852. The van der Waals surface area contributed by atoms with E-state index in [0.717, 1.165) is 11.1 Å². The van der Waals surface area contributed by atoms with Crippen molar-refractivity contribution in [3.05, 3.63) is 21.9 Å². The topological polar surface area (TPSA) is 78.9 Å². The predicted octanol–water partition coefficient (Wildman–Crippen LogP) is 2.61. The number of aryl methyl sites for hydroxylation is 1. The Morgan fingerprint density at radius 1 is 1.50 bits per heavy atom. The molecule has 6 nitrogen and oxygen atoms in total. The lowest BCUT2D eigenvalue weighted by Crippen LogP contribution is -2.43. The molecule has 0 bridgehead atoms. The van der Waals surface area contributed by atoms with E-state index in [1.807, 2.05) is 17.7 Å². The number of aliphatic hydroxyl groups is 1. The summed E-state index contributed by atoms with van der Waals surface area (Å²) in [5.74, 6) is 0.0120. The normalized spacial score (nSPS) is 19.5. The zero-order valence-corrected chi connectivity index (χ0v) is 15.5. The van der Waals surface area contributed by atoms with Crippen molar-refractivity contribution in [2.45, 2.75) is 58.3 Å². The van der Waals surface area contributed by atoms with E-state index >= 15 is 0 Å². The fourth-order valence-electron chi connectivity index (χ4n) is 2.85. The van der Waals surface area contributed by atoms with Gasteiger partial charge in [0.1, 0.15) is 11.7 Å². The highest BCUT2D eigenvalue weighted by molar-refractivity contribution is 7.08. The van der Waals surface area contributed by atoms with Crippen LogP contribution in [0, 0.1) is 6.92 Å². The number of amides is 2. The Kier molecular flexibility index (Phi) is 5.87. The molecule has 2 rings (SSSR count). The Hall–Kier alpha value is -1.60. The van der Waals surface area contributed by atoms with Crippen LogP contribution in [0.4, 0.5) is 4.79 Å². The molecule has 1 saturated heterocycles. The first-order valence-corrected chi connectivity index (χ1v) is 9.10. The number of hydrogen-bond donors (Lipinski definition) is 2. The van der Waals surface area contributed by atoms with Gasteiger partial charge in [0, 0.05) is 19.5 Å². The molecule has 1 aromatic heterocycles. The van der Waals surface area contributed by atoms with Crippen LogP contribution < -0.4 is 5.32 Å². The first kappa shape index (κ1) is 18.7. The van der Waals surface area contributed by atoms with Gasteiger partial charge in [0.15, 0.2) is 0 Å². The second-order valence-corrected chi connectivity index (χ2v) is 7.82. The van der Waals surface area contributed by atoms with E-state index in [4.69, 9.17) is 4.74 Å². The second-order valence-electron chi connectivity index (χ2n) is 7.08. The van der Waals surface area contributed by atoms with Crippen LogP contribution in [0.15, 0.2) is 10.8 Å². The van der Waals surface area contributed by atoms with Gasteiger partial charge in [0.2, 0.25) is 5.91 Å². The number of ether oxygens (including phenoxy) is 1. The minimum absolute atomic E-state index is 0.0120. The lowest BCUT2D eigenvalue weighted by Gasteiger charge is -2.29. The van der Waals surface area contributed by atoms with E-state index in [1.165, 1.54) is 0 Å². The van der Waals surface area contributed by atoms with Crippen molar-refractivity contribution < 1.29 is 19.4 Å². The molecule has 1 unspecified atom stereocenters. The fourth-order valence-corrected chi connectivity index (χ4v) is 3.73. The SMILES string of the molecule is Cc1cscc1[C@@H](O)C1CCC(=O)N1CCNC(=O)OC(C)(C)C. The lowest BCUT2D eigenvalue weighted by molar-refractivity contribution is -0.130. The van der Waals surface area contributed by atoms with Gasteiger partial charge in [0.25, 0.3) is 0 Å². The molecule has 0 spiro atoms. The minimum atomic E-state index is -0.691. The van der Waals surface area contributed by atoms with Gasteiger partial charge in [0.05, 0.1) is 6.04 Å². The molecule has 0 aliphatic carbocycles. The second kappa shape index (κ2) is 7.53. The molecule has 0 aromatic carbocycles. The molecule has 0 saturated carbocycles. The highest BCUT2D eigenvalue weighted by Gasteiger charge is 2.36. The average Bonchev–Trinajstić information content (AvgIpc) is 3.03. The van der Waals surface area contributed by atoms with E-state index in [-0.39, 0.29) is 11.9 Å². The number of carbonyl (C=O) groups is 2.